The van der Waals surface area contributed by atoms with E-state index in [0.29, 0.717) is 6.04 Å². The summed E-state index contributed by atoms with van der Waals surface area (Å²) in [5.41, 5.74) is 4.47. The van der Waals surface area contributed by atoms with Gasteiger partial charge in [-0.15, -0.1) is 0 Å². The molecule has 0 bridgehead atoms. The number of benzene rings is 1. The highest BCUT2D eigenvalue weighted by molar-refractivity contribution is 5.85. The first-order chi connectivity index (χ1) is 8.93. The first kappa shape index (κ1) is 11.5. The molecule has 0 atom stereocenters. The number of nitrogens with one attached hydrogen (secondary N) is 2. The van der Waals surface area contributed by atoms with Crippen molar-refractivity contribution in [2.75, 3.05) is 19.8 Å². The molecular weight excluding hydrogens is 224 g/mol. The lowest BCUT2D eigenvalue weighted by Gasteiger charge is -2.33. The Morgan fingerprint density at radius 2 is 1.94 bits per heavy atom. The third-order valence-corrected chi connectivity index (χ3v) is 3.74. The van der Waals surface area contributed by atoms with Gasteiger partial charge in [0.05, 0.1) is 0 Å². The largest absolute Gasteiger partial charge is 0.336 e. The van der Waals surface area contributed by atoms with Crippen LogP contribution in [0.15, 0.2) is 35.4 Å². The Bertz CT molecular complexity index is 409. The third kappa shape index (κ3) is 2.48. The maximum Gasteiger partial charge on any atom is 0.130 e. The fraction of sp³-hybridized carbons (Fsp3) is 0.500. The summed E-state index contributed by atoms with van der Waals surface area (Å²) in [5, 5.41) is 7.88. The molecule has 4 heteroatoms. The maximum absolute atomic E-state index is 4.46. The van der Waals surface area contributed by atoms with Gasteiger partial charge in [-0.05, 0) is 31.5 Å². The fourth-order valence-corrected chi connectivity index (χ4v) is 2.74. The molecule has 96 valence electrons. The predicted octanol–water partition coefficient (Wildman–Crippen LogP) is 1.16. The quantitative estimate of drug-likeness (QED) is 0.838. The van der Waals surface area contributed by atoms with Crippen molar-refractivity contribution >= 4 is 5.84 Å². The molecule has 2 aliphatic rings. The molecular formula is C14H20N4. The number of rotatable bonds is 3. The zero-order valence-corrected chi connectivity index (χ0v) is 10.6. The van der Waals surface area contributed by atoms with E-state index < -0.39 is 0 Å². The highest BCUT2D eigenvalue weighted by Gasteiger charge is 2.26. The molecule has 2 aliphatic heterocycles. The van der Waals surface area contributed by atoms with Crippen LogP contribution in [-0.4, -0.2) is 36.5 Å². The van der Waals surface area contributed by atoms with Crippen LogP contribution < -0.4 is 10.7 Å². The molecule has 2 heterocycles. The smallest absolute Gasteiger partial charge is 0.130 e. The lowest BCUT2D eigenvalue weighted by Crippen LogP contribution is -2.45. The number of nitrogens with zero attached hydrogens (tertiary/aromatic N) is 2. The van der Waals surface area contributed by atoms with Crippen LogP contribution in [0.1, 0.15) is 18.4 Å². The number of hydrazone groups is 1. The highest BCUT2D eigenvalue weighted by atomic mass is 15.5. The molecule has 0 aromatic heterocycles. The molecule has 18 heavy (non-hydrogen) atoms. The molecule has 1 aromatic rings. The average molecular weight is 244 g/mol. The third-order valence-electron chi connectivity index (χ3n) is 3.74. The molecule has 0 saturated carbocycles. The molecule has 1 fully saturated rings. The van der Waals surface area contributed by atoms with Crippen molar-refractivity contribution in [3.05, 3.63) is 35.9 Å². The molecule has 2 N–H and O–H groups in total. The van der Waals surface area contributed by atoms with E-state index in [4.69, 9.17) is 0 Å². The van der Waals surface area contributed by atoms with Crippen LogP contribution in [0.3, 0.4) is 0 Å². The zero-order valence-electron chi connectivity index (χ0n) is 10.6. The van der Waals surface area contributed by atoms with Crippen molar-refractivity contribution in [3.8, 4) is 0 Å². The number of amidine groups is 1. The van der Waals surface area contributed by atoms with Crippen LogP contribution >= 0.6 is 0 Å². The van der Waals surface area contributed by atoms with E-state index in [1.54, 1.807) is 0 Å². The van der Waals surface area contributed by atoms with Crippen LogP contribution in [0.25, 0.3) is 0 Å². The molecule has 0 aliphatic carbocycles. The summed E-state index contributed by atoms with van der Waals surface area (Å²) in [5.74, 6) is 1.19. The Kier molecular flexibility index (Phi) is 3.46. The Morgan fingerprint density at radius 1 is 1.17 bits per heavy atom. The van der Waals surface area contributed by atoms with Gasteiger partial charge in [-0.1, -0.05) is 30.3 Å². The van der Waals surface area contributed by atoms with Crippen molar-refractivity contribution in [1.82, 2.24) is 15.6 Å². The van der Waals surface area contributed by atoms with Crippen molar-refractivity contribution in [3.63, 3.8) is 0 Å². The van der Waals surface area contributed by atoms with Gasteiger partial charge < -0.3 is 10.2 Å². The minimum Gasteiger partial charge on any atom is -0.336 e. The first-order valence-electron chi connectivity index (χ1n) is 6.74. The summed E-state index contributed by atoms with van der Waals surface area (Å²) in [6.07, 6.45) is 3.36. The average Bonchev–Trinajstić information content (AvgIpc) is 2.89. The molecule has 4 nitrogen and oxygen atoms in total. The van der Waals surface area contributed by atoms with Gasteiger partial charge in [0.1, 0.15) is 12.5 Å². The minimum atomic E-state index is 0.642. The van der Waals surface area contributed by atoms with E-state index >= 15 is 0 Å². The summed E-state index contributed by atoms with van der Waals surface area (Å²) in [4.78, 5) is 2.44. The molecule has 3 rings (SSSR count). The van der Waals surface area contributed by atoms with Gasteiger partial charge in [0, 0.05) is 12.5 Å². The second kappa shape index (κ2) is 5.40. The highest BCUT2D eigenvalue weighted by Crippen LogP contribution is 2.16. The van der Waals surface area contributed by atoms with Crippen molar-refractivity contribution in [2.24, 2.45) is 5.10 Å². The van der Waals surface area contributed by atoms with Crippen LogP contribution in [0, 0.1) is 0 Å². The molecule has 0 unspecified atom stereocenters. The summed E-state index contributed by atoms with van der Waals surface area (Å²) in [6, 6.07) is 11.2. The monoisotopic (exact) mass is 244 g/mol. The van der Waals surface area contributed by atoms with Gasteiger partial charge in [0.25, 0.3) is 0 Å². The van der Waals surface area contributed by atoms with Crippen LogP contribution in [0.5, 0.6) is 0 Å². The van der Waals surface area contributed by atoms with Gasteiger partial charge in [-0.2, -0.15) is 5.10 Å². The predicted molar refractivity (Wildman–Crippen MR) is 73.3 cm³/mol. The number of hydrogen-bond donors (Lipinski definition) is 2. The van der Waals surface area contributed by atoms with Crippen LogP contribution in [0.4, 0.5) is 0 Å². The van der Waals surface area contributed by atoms with E-state index in [-0.39, 0.29) is 0 Å². The molecule has 0 spiro atoms. The molecule has 0 radical (unpaired) electrons. The van der Waals surface area contributed by atoms with Crippen molar-refractivity contribution in [2.45, 2.75) is 25.3 Å². The Hall–Kier alpha value is -1.55. The topological polar surface area (TPSA) is 39.7 Å². The van der Waals surface area contributed by atoms with Gasteiger partial charge >= 0.3 is 0 Å². The second-order valence-corrected chi connectivity index (χ2v) is 4.96. The van der Waals surface area contributed by atoms with Crippen LogP contribution in [-0.2, 0) is 6.42 Å². The second-order valence-electron chi connectivity index (χ2n) is 4.96. The van der Waals surface area contributed by atoms with E-state index in [9.17, 15) is 0 Å². The lowest BCUT2D eigenvalue weighted by atomic mass is 10.0. The van der Waals surface area contributed by atoms with Gasteiger partial charge in [-0.25, -0.2) is 0 Å². The molecule has 1 saturated heterocycles. The van der Waals surface area contributed by atoms with Crippen molar-refractivity contribution < 1.29 is 0 Å². The van der Waals surface area contributed by atoms with E-state index in [1.807, 2.05) is 0 Å². The van der Waals surface area contributed by atoms with Crippen LogP contribution in [0.2, 0.25) is 0 Å². The maximum atomic E-state index is 4.46. The normalized spacial score (nSPS) is 20.7. The summed E-state index contributed by atoms with van der Waals surface area (Å²) in [6.45, 7) is 3.12. The standard InChI is InChI=1S/C14H20N4/c1-2-4-12(5-3-1)10-14-17-16-11-18(14)13-6-8-15-9-7-13/h1-5,13,15-16H,6-11H2. The zero-order chi connectivity index (χ0) is 12.2. The van der Waals surface area contributed by atoms with Gasteiger partial charge in [-0.3, -0.25) is 5.43 Å². The Labute approximate surface area is 108 Å². The number of piperidine rings is 1. The van der Waals surface area contributed by atoms with E-state index in [1.165, 1.54) is 24.2 Å². The first-order valence-corrected chi connectivity index (χ1v) is 6.74. The summed E-state index contributed by atoms with van der Waals surface area (Å²) >= 11 is 0. The lowest BCUT2D eigenvalue weighted by molar-refractivity contribution is 0.255. The van der Waals surface area contributed by atoms with Gasteiger partial charge in [0.15, 0.2) is 0 Å². The summed E-state index contributed by atoms with van der Waals surface area (Å²) < 4.78 is 0. The summed E-state index contributed by atoms with van der Waals surface area (Å²) in [7, 11) is 0. The van der Waals surface area contributed by atoms with Gasteiger partial charge in [0.2, 0.25) is 0 Å². The van der Waals surface area contributed by atoms with Crippen molar-refractivity contribution in [1.29, 1.82) is 0 Å². The Morgan fingerprint density at radius 3 is 2.72 bits per heavy atom. The minimum absolute atomic E-state index is 0.642. The Balaban J connectivity index is 1.67. The number of hydrogen-bond acceptors (Lipinski definition) is 4. The van der Waals surface area contributed by atoms with E-state index in [2.05, 4.69) is 51.1 Å². The molecule has 1 aromatic carbocycles. The molecule has 0 amide bonds. The fourth-order valence-electron chi connectivity index (χ4n) is 2.74. The SMILES string of the molecule is c1ccc(CC2=NNCN2C2CCNCC2)cc1. The van der Waals surface area contributed by atoms with E-state index in [0.717, 1.165) is 26.2 Å².